The standard InChI is InChI=1S/C23H19FN4O3S/c24-19-9-7-17(8-10-19)22(20-2-1-11-32-20)27-21(29)13-31-23(30)18-5-3-16(4-6-18)12-28-15-25-14-26-28/h1-11,14-15,22H,12-13H2,(H,27,29). The largest absolute Gasteiger partial charge is 0.452 e. The molecule has 0 aliphatic heterocycles. The predicted octanol–water partition coefficient (Wildman–Crippen LogP) is 3.59. The first-order valence-electron chi connectivity index (χ1n) is 9.75. The number of ether oxygens (including phenoxy) is 1. The van der Waals surface area contributed by atoms with Crippen molar-refractivity contribution in [3.8, 4) is 0 Å². The SMILES string of the molecule is O=C(COC(=O)c1ccc(Cn2cncn2)cc1)NC(c1ccc(F)cc1)c1cccs1. The number of carbonyl (C=O) groups excluding carboxylic acids is 2. The number of esters is 1. The summed E-state index contributed by atoms with van der Waals surface area (Å²) in [6, 6.07) is 16.1. The fraction of sp³-hybridized carbons (Fsp3) is 0.130. The van der Waals surface area contributed by atoms with Crippen LogP contribution in [0, 0.1) is 5.82 Å². The van der Waals surface area contributed by atoms with E-state index in [-0.39, 0.29) is 5.82 Å². The molecule has 0 fully saturated rings. The third-order valence-electron chi connectivity index (χ3n) is 4.67. The van der Waals surface area contributed by atoms with Gasteiger partial charge in [0.15, 0.2) is 6.61 Å². The molecule has 0 radical (unpaired) electrons. The molecule has 32 heavy (non-hydrogen) atoms. The zero-order valence-corrected chi connectivity index (χ0v) is 17.7. The van der Waals surface area contributed by atoms with Gasteiger partial charge in [0.05, 0.1) is 18.2 Å². The van der Waals surface area contributed by atoms with Gasteiger partial charge in [-0.2, -0.15) is 5.10 Å². The van der Waals surface area contributed by atoms with Gasteiger partial charge in [-0.1, -0.05) is 30.3 Å². The van der Waals surface area contributed by atoms with Crippen molar-refractivity contribution in [2.45, 2.75) is 12.6 Å². The van der Waals surface area contributed by atoms with Gasteiger partial charge >= 0.3 is 5.97 Å². The number of aromatic nitrogens is 3. The molecule has 0 aliphatic carbocycles. The lowest BCUT2D eigenvalue weighted by Gasteiger charge is -2.18. The number of nitrogens with one attached hydrogen (secondary N) is 1. The number of hydrogen-bond donors (Lipinski definition) is 1. The summed E-state index contributed by atoms with van der Waals surface area (Å²) in [5.74, 6) is -1.41. The highest BCUT2D eigenvalue weighted by atomic mass is 32.1. The Morgan fingerprint density at radius 3 is 2.53 bits per heavy atom. The van der Waals surface area contributed by atoms with Crippen LogP contribution in [-0.4, -0.2) is 33.2 Å². The van der Waals surface area contributed by atoms with Gasteiger partial charge in [0.2, 0.25) is 0 Å². The van der Waals surface area contributed by atoms with E-state index >= 15 is 0 Å². The first kappa shape index (κ1) is 21.4. The maximum Gasteiger partial charge on any atom is 0.338 e. The van der Waals surface area contributed by atoms with Crippen LogP contribution in [0.25, 0.3) is 0 Å². The zero-order chi connectivity index (χ0) is 22.3. The van der Waals surface area contributed by atoms with Gasteiger partial charge in [-0.25, -0.2) is 18.9 Å². The van der Waals surface area contributed by atoms with Gasteiger partial charge in [0.1, 0.15) is 18.5 Å². The van der Waals surface area contributed by atoms with E-state index in [0.29, 0.717) is 12.1 Å². The second-order valence-electron chi connectivity index (χ2n) is 6.93. The maximum absolute atomic E-state index is 13.3. The Bertz CT molecular complexity index is 1160. The summed E-state index contributed by atoms with van der Waals surface area (Å²) in [6.07, 6.45) is 3.06. The number of rotatable bonds is 8. The molecule has 0 bridgehead atoms. The van der Waals surface area contributed by atoms with E-state index < -0.39 is 24.5 Å². The van der Waals surface area contributed by atoms with Gasteiger partial charge in [-0.05, 0) is 46.8 Å². The monoisotopic (exact) mass is 450 g/mol. The Hall–Kier alpha value is -3.85. The van der Waals surface area contributed by atoms with E-state index in [0.717, 1.165) is 16.0 Å². The van der Waals surface area contributed by atoms with Crippen LogP contribution in [0.4, 0.5) is 4.39 Å². The van der Waals surface area contributed by atoms with Gasteiger partial charge < -0.3 is 10.1 Å². The smallest absolute Gasteiger partial charge is 0.338 e. The number of halogens is 1. The molecule has 0 saturated carbocycles. The van der Waals surface area contributed by atoms with E-state index in [2.05, 4.69) is 15.4 Å². The van der Waals surface area contributed by atoms with Crippen molar-refractivity contribution in [2.24, 2.45) is 0 Å². The Kier molecular flexibility index (Phi) is 6.66. The molecule has 0 saturated heterocycles. The van der Waals surface area contributed by atoms with Crippen molar-refractivity contribution in [3.63, 3.8) is 0 Å². The highest BCUT2D eigenvalue weighted by Gasteiger charge is 2.19. The Morgan fingerprint density at radius 2 is 1.88 bits per heavy atom. The van der Waals surface area contributed by atoms with Crippen molar-refractivity contribution >= 4 is 23.2 Å². The molecule has 2 aromatic heterocycles. The third kappa shape index (κ3) is 5.44. The average Bonchev–Trinajstić information content (AvgIpc) is 3.52. The highest BCUT2D eigenvalue weighted by Crippen LogP contribution is 2.26. The minimum absolute atomic E-state index is 0.341. The molecule has 2 aromatic carbocycles. The quantitative estimate of drug-likeness (QED) is 0.415. The van der Waals surface area contributed by atoms with Crippen molar-refractivity contribution in [3.05, 3.63) is 106 Å². The minimum Gasteiger partial charge on any atom is -0.452 e. The number of carbonyl (C=O) groups is 2. The first-order chi connectivity index (χ1) is 15.6. The molecule has 1 atom stereocenters. The van der Waals surface area contributed by atoms with Crippen LogP contribution in [0.1, 0.15) is 32.4 Å². The van der Waals surface area contributed by atoms with Crippen LogP contribution in [0.3, 0.4) is 0 Å². The lowest BCUT2D eigenvalue weighted by atomic mass is 10.1. The molecule has 7 nitrogen and oxygen atoms in total. The molecule has 9 heteroatoms. The normalized spacial score (nSPS) is 11.7. The topological polar surface area (TPSA) is 86.1 Å². The number of benzene rings is 2. The van der Waals surface area contributed by atoms with E-state index in [4.69, 9.17) is 4.74 Å². The molecule has 0 aliphatic rings. The van der Waals surface area contributed by atoms with E-state index in [1.165, 1.54) is 29.8 Å². The van der Waals surface area contributed by atoms with Crippen molar-refractivity contribution in [1.82, 2.24) is 20.1 Å². The van der Waals surface area contributed by atoms with Gasteiger partial charge in [0.25, 0.3) is 5.91 Å². The summed E-state index contributed by atoms with van der Waals surface area (Å²) in [5.41, 5.74) is 2.02. The van der Waals surface area contributed by atoms with Crippen molar-refractivity contribution < 1.29 is 18.7 Å². The fourth-order valence-corrected chi connectivity index (χ4v) is 3.90. The van der Waals surface area contributed by atoms with Crippen LogP contribution < -0.4 is 5.32 Å². The predicted molar refractivity (Wildman–Crippen MR) is 117 cm³/mol. The minimum atomic E-state index is -0.595. The van der Waals surface area contributed by atoms with Crippen LogP contribution in [-0.2, 0) is 16.1 Å². The zero-order valence-electron chi connectivity index (χ0n) is 16.8. The average molecular weight is 450 g/mol. The number of amides is 1. The van der Waals surface area contributed by atoms with E-state index in [9.17, 15) is 14.0 Å². The van der Waals surface area contributed by atoms with Gasteiger partial charge in [-0.15, -0.1) is 11.3 Å². The molecule has 1 unspecified atom stereocenters. The van der Waals surface area contributed by atoms with Crippen molar-refractivity contribution in [1.29, 1.82) is 0 Å². The van der Waals surface area contributed by atoms with Crippen LogP contribution in [0.15, 0.2) is 78.7 Å². The van der Waals surface area contributed by atoms with E-state index in [1.807, 2.05) is 17.5 Å². The molecule has 2 heterocycles. The second kappa shape index (κ2) is 9.97. The number of thiophene rings is 1. The molecular formula is C23H19FN4O3S. The summed E-state index contributed by atoms with van der Waals surface area (Å²) in [6.45, 7) is 0.105. The Morgan fingerprint density at radius 1 is 1.09 bits per heavy atom. The van der Waals surface area contributed by atoms with Gasteiger partial charge in [0, 0.05) is 4.88 Å². The Labute approximate surface area is 187 Å². The van der Waals surface area contributed by atoms with Crippen LogP contribution in [0.2, 0.25) is 0 Å². The van der Waals surface area contributed by atoms with Crippen LogP contribution in [0.5, 0.6) is 0 Å². The fourth-order valence-electron chi connectivity index (χ4n) is 3.09. The molecule has 1 amide bonds. The Balaban J connectivity index is 1.34. The summed E-state index contributed by atoms with van der Waals surface area (Å²) < 4.78 is 20.1. The third-order valence-corrected chi connectivity index (χ3v) is 5.61. The first-order valence-corrected chi connectivity index (χ1v) is 10.6. The molecule has 4 aromatic rings. The number of hydrogen-bond acceptors (Lipinski definition) is 6. The van der Waals surface area contributed by atoms with Gasteiger partial charge in [-0.3, -0.25) is 4.79 Å². The molecule has 1 N–H and O–H groups in total. The molecule has 162 valence electrons. The summed E-state index contributed by atoms with van der Waals surface area (Å²) in [5, 5.41) is 8.78. The summed E-state index contributed by atoms with van der Waals surface area (Å²) >= 11 is 1.47. The highest BCUT2D eigenvalue weighted by molar-refractivity contribution is 7.10. The lowest BCUT2D eigenvalue weighted by molar-refractivity contribution is -0.124. The molecule has 4 rings (SSSR count). The second-order valence-corrected chi connectivity index (χ2v) is 7.91. The summed E-state index contributed by atoms with van der Waals surface area (Å²) in [7, 11) is 0. The van der Waals surface area contributed by atoms with E-state index in [1.54, 1.807) is 47.4 Å². The molecular weight excluding hydrogens is 431 g/mol. The number of nitrogens with zero attached hydrogens (tertiary/aromatic N) is 3. The maximum atomic E-state index is 13.3. The van der Waals surface area contributed by atoms with Crippen molar-refractivity contribution in [2.75, 3.05) is 6.61 Å². The van der Waals surface area contributed by atoms with Crippen LogP contribution >= 0.6 is 11.3 Å². The molecule has 0 spiro atoms. The lowest BCUT2D eigenvalue weighted by Crippen LogP contribution is -2.32. The summed E-state index contributed by atoms with van der Waals surface area (Å²) in [4.78, 5) is 29.6.